The fraction of sp³-hybridized carbons (Fsp3) is 0.391. The fourth-order valence-electron chi connectivity index (χ4n) is 4.17. The molecule has 3 atom stereocenters. The van der Waals surface area contributed by atoms with Crippen molar-refractivity contribution in [3.8, 4) is 11.8 Å². The summed E-state index contributed by atoms with van der Waals surface area (Å²) in [7, 11) is 0. The van der Waals surface area contributed by atoms with Gasteiger partial charge in [0.25, 0.3) is 0 Å². The Bertz CT molecular complexity index is 1530. The number of aryl methyl sites for hydroxylation is 1. The normalized spacial score (nSPS) is 22.1. The third-order valence-corrected chi connectivity index (χ3v) is 6.47. The number of rotatable bonds is 6. The summed E-state index contributed by atoms with van der Waals surface area (Å²) in [5.74, 6) is 0.694. The Morgan fingerprint density at radius 1 is 1.38 bits per heavy atom. The molecular formula is C23H23FN10O3. The van der Waals surface area contributed by atoms with Crippen molar-refractivity contribution in [3.63, 3.8) is 0 Å². The minimum Gasteiger partial charge on any atom is -0.441 e. The van der Waals surface area contributed by atoms with Crippen molar-refractivity contribution < 1.29 is 18.7 Å². The molecule has 2 fully saturated rings. The molecule has 5 heterocycles. The number of aromatic amines is 1. The molecule has 1 aliphatic heterocycles. The number of alkyl carbamates (subject to hydrolysis) is 1. The monoisotopic (exact) mass is 506 g/mol. The maximum Gasteiger partial charge on any atom is 0.408 e. The Balaban J connectivity index is 1.19. The summed E-state index contributed by atoms with van der Waals surface area (Å²) in [6.45, 7) is 3.71. The Hall–Kier alpha value is -4.51. The van der Waals surface area contributed by atoms with E-state index in [1.54, 1.807) is 33.8 Å². The topological polar surface area (TPSA) is 160 Å². The van der Waals surface area contributed by atoms with Crippen LogP contribution in [0.15, 0.2) is 31.0 Å². The first-order valence-corrected chi connectivity index (χ1v) is 11.7. The lowest BCUT2D eigenvalue weighted by Gasteiger charge is -2.17. The molecule has 0 bridgehead atoms. The number of carbonyl (C=O) groups is 1. The number of nitriles is 1. The summed E-state index contributed by atoms with van der Waals surface area (Å²) >= 11 is 0. The van der Waals surface area contributed by atoms with Gasteiger partial charge in [-0.05, 0) is 26.7 Å². The van der Waals surface area contributed by atoms with Crippen LogP contribution in [0.2, 0.25) is 0 Å². The van der Waals surface area contributed by atoms with Crippen LogP contribution in [-0.4, -0.2) is 64.6 Å². The second kappa shape index (κ2) is 8.56. The first-order valence-electron chi connectivity index (χ1n) is 11.7. The lowest BCUT2D eigenvalue weighted by molar-refractivity contribution is 0.0604. The molecule has 0 aromatic carbocycles. The lowest BCUT2D eigenvalue weighted by Crippen LogP contribution is -2.39. The summed E-state index contributed by atoms with van der Waals surface area (Å²) in [5, 5.41) is 22.2. The molecule has 3 N–H and O–H groups in total. The van der Waals surface area contributed by atoms with E-state index in [4.69, 9.17) is 9.47 Å². The molecule has 190 valence electrons. The highest BCUT2D eigenvalue weighted by Crippen LogP contribution is 2.36. The number of nitrogens with one attached hydrogen (secondary N) is 3. The van der Waals surface area contributed by atoms with Crippen molar-refractivity contribution in [1.29, 1.82) is 5.26 Å². The second-order valence-electron chi connectivity index (χ2n) is 9.48. The van der Waals surface area contributed by atoms with Crippen LogP contribution in [0.25, 0.3) is 11.3 Å². The van der Waals surface area contributed by atoms with E-state index in [1.165, 1.54) is 0 Å². The molecule has 6 rings (SSSR count). The van der Waals surface area contributed by atoms with Gasteiger partial charge in [-0.3, -0.25) is 9.50 Å². The van der Waals surface area contributed by atoms with E-state index in [0.717, 1.165) is 18.5 Å². The van der Waals surface area contributed by atoms with Gasteiger partial charge in [0.1, 0.15) is 17.9 Å². The maximum absolute atomic E-state index is 15.1. The number of fused-ring (bicyclic) bond motifs is 1. The van der Waals surface area contributed by atoms with Crippen LogP contribution in [0.5, 0.6) is 0 Å². The zero-order valence-electron chi connectivity index (χ0n) is 20.0. The number of aromatic nitrogens is 7. The molecule has 4 aromatic rings. The van der Waals surface area contributed by atoms with E-state index < -0.39 is 24.5 Å². The van der Waals surface area contributed by atoms with E-state index in [1.807, 2.05) is 26.1 Å². The van der Waals surface area contributed by atoms with Crippen LogP contribution >= 0.6 is 0 Å². The van der Waals surface area contributed by atoms with Gasteiger partial charge in [-0.1, -0.05) is 0 Å². The molecule has 14 heteroatoms. The van der Waals surface area contributed by atoms with Crippen LogP contribution in [0.1, 0.15) is 43.0 Å². The van der Waals surface area contributed by atoms with Crippen molar-refractivity contribution in [2.45, 2.75) is 50.6 Å². The minimum absolute atomic E-state index is 0.0684. The molecule has 1 saturated carbocycles. The van der Waals surface area contributed by atoms with Crippen LogP contribution in [0.4, 0.5) is 21.0 Å². The summed E-state index contributed by atoms with van der Waals surface area (Å²) in [5.41, 5.74) is 2.28. The third-order valence-electron chi connectivity index (χ3n) is 6.47. The molecule has 0 unspecified atom stereocenters. The minimum atomic E-state index is -1.57. The zero-order valence-corrected chi connectivity index (χ0v) is 20.0. The summed E-state index contributed by atoms with van der Waals surface area (Å²) in [6.07, 6.45) is 4.16. The average Bonchev–Trinajstić information content (AvgIpc) is 3.36. The molecule has 13 nitrogen and oxygen atoms in total. The highest BCUT2D eigenvalue weighted by atomic mass is 19.1. The number of imidazole rings is 2. The van der Waals surface area contributed by atoms with Gasteiger partial charge in [-0.15, -0.1) is 0 Å². The SMILES string of the molecule is Cc1cn(-c2cnc(Nc3cc([C@H]4OC[C@@H](OC(=O)NC5(C)CC5)[C@@H]4F)[nH]n3)n3cc(C#N)nc23)cn1. The third kappa shape index (κ3) is 4.33. The maximum atomic E-state index is 15.1. The predicted octanol–water partition coefficient (Wildman–Crippen LogP) is 2.62. The highest BCUT2D eigenvalue weighted by Gasteiger charge is 2.44. The van der Waals surface area contributed by atoms with Crippen molar-refractivity contribution in [1.82, 2.24) is 39.4 Å². The molecule has 37 heavy (non-hydrogen) atoms. The molecule has 1 saturated heterocycles. The Morgan fingerprint density at radius 2 is 2.22 bits per heavy atom. The van der Waals surface area contributed by atoms with Gasteiger partial charge in [-0.25, -0.2) is 24.1 Å². The van der Waals surface area contributed by atoms with Gasteiger partial charge in [-0.2, -0.15) is 10.4 Å². The van der Waals surface area contributed by atoms with Gasteiger partial charge >= 0.3 is 6.09 Å². The van der Waals surface area contributed by atoms with Gasteiger partial charge in [0, 0.05) is 17.8 Å². The van der Waals surface area contributed by atoms with E-state index >= 15 is 4.39 Å². The molecule has 0 spiro atoms. The first kappa shape index (κ1) is 22.9. The van der Waals surface area contributed by atoms with Crippen molar-refractivity contribution in [3.05, 3.63) is 48.1 Å². The smallest absolute Gasteiger partial charge is 0.408 e. The number of H-pyrrole nitrogens is 1. The van der Waals surface area contributed by atoms with E-state index in [9.17, 15) is 10.1 Å². The lowest BCUT2D eigenvalue weighted by atomic mass is 10.1. The van der Waals surface area contributed by atoms with Gasteiger partial charge in [0.05, 0.1) is 36.7 Å². The predicted molar refractivity (Wildman–Crippen MR) is 126 cm³/mol. The number of anilines is 2. The van der Waals surface area contributed by atoms with Crippen LogP contribution in [-0.2, 0) is 9.47 Å². The number of alkyl halides is 1. The second-order valence-corrected chi connectivity index (χ2v) is 9.48. The summed E-state index contributed by atoms with van der Waals surface area (Å²) in [4.78, 5) is 25.2. The Kier molecular flexibility index (Phi) is 5.30. The van der Waals surface area contributed by atoms with Crippen LogP contribution in [0, 0.1) is 18.3 Å². The van der Waals surface area contributed by atoms with Crippen molar-refractivity contribution in [2.24, 2.45) is 0 Å². The van der Waals surface area contributed by atoms with Crippen LogP contribution in [0.3, 0.4) is 0 Å². The fourth-order valence-corrected chi connectivity index (χ4v) is 4.17. The van der Waals surface area contributed by atoms with E-state index in [-0.39, 0.29) is 17.8 Å². The molecule has 2 aliphatic rings. The molecule has 4 aromatic heterocycles. The number of ether oxygens (including phenoxy) is 2. The van der Waals surface area contributed by atoms with Crippen molar-refractivity contribution in [2.75, 3.05) is 11.9 Å². The largest absolute Gasteiger partial charge is 0.441 e. The Morgan fingerprint density at radius 3 is 2.95 bits per heavy atom. The Labute approximate surface area is 209 Å². The molecule has 1 aliphatic carbocycles. The van der Waals surface area contributed by atoms with E-state index in [0.29, 0.717) is 28.8 Å². The molecule has 0 radical (unpaired) electrons. The van der Waals surface area contributed by atoms with Crippen molar-refractivity contribution >= 4 is 23.5 Å². The standard InChI is InChI=1S/C23H23FN10O3/c1-12-8-33(11-27-12)15-7-26-21(34-9-13(6-25)28-20(15)34)29-17-5-14(31-32-17)19-18(24)16(10-36-19)37-22(35)30-23(2)3-4-23/h5,7-9,11,16,18-19H,3-4,10H2,1-2H3,(H,30,35)(H2,26,29,31,32)/t16-,18+,19-/m1/s1. The van der Waals surface area contributed by atoms with Crippen LogP contribution < -0.4 is 10.6 Å². The number of nitrogens with zero attached hydrogens (tertiary/aromatic N) is 7. The average molecular weight is 507 g/mol. The molecule has 1 amide bonds. The van der Waals surface area contributed by atoms with Gasteiger partial charge in [0.15, 0.2) is 29.4 Å². The zero-order chi connectivity index (χ0) is 25.7. The number of carbonyl (C=O) groups excluding carboxylic acids is 1. The van der Waals surface area contributed by atoms with Gasteiger partial charge in [0.2, 0.25) is 5.95 Å². The number of hydrogen-bond acceptors (Lipinski definition) is 9. The number of amides is 1. The first-order chi connectivity index (χ1) is 17.8. The highest BCUT2D eigenvalue weighted by molar-refractivity contribution is 5.69. The number of hydrogen-bond donors (Lipinski definition) is 3. The quantitative estimate of drug-likeness (QED) is 0.357. The summed E-state index contributed by atoms with van der Waals surface area (Å²) in [6, 6.07) is 3.63. The van der Waals surface area contributed by atoms with Gasteiger partial charge < -0.3 is 24.7 Å². The molecular weight excluding hydrogens is 483 g/mol. The number of halogens is 1. The summed E-state index contributed by atoms with van der Waals surface area (Å²) < 4.78 is 29.3. The van der Waals surface area contributed by atoms with E-state index in [2.05, 4.69) is 35.8 Å².